The van der Waals surface area contributed by atoms with Crippen molar-refractivity contribution in [2.45, 2.75) is 24.2 Å². The SMILES string of the molecule is COc1ccc(N(C)S(=O)(=O)c2ccc(Cl)c(C(=O)N3CCCCC3)c2)cc1. The van der Waals surface area contributed by atoms with Gasteiger partial charge >= 0.3 is 0 Å². The van der Waals surface area contributed by atoms with Crippen molar-refractivity contribution in [2.24, 2.45) is 0 Å². The van der Waals surface area contributed by atoms with Crippen LogP contribution in [0.3, 0.4) is 0 Å². The molecule has 0 aromatic heterocycles. The highest BCUT2D eigenvalue weighted by atomic mass is 35.5. The molecule has 2 aromatic rings. The second kappa shape index (κ2) is 8.41. The fourth-order valence-electron chi connectivity index (χ4n) is 3.19. The van der Waals surface area contributed by atoms with Gasteiger partial charge in [0.1, 0.15) is 5.75 Å². The molecule has 1 heterocycles. The molecule has 0 unspecified atom stereocenters. The zero-order valence-corrected chi connectivity index (χ0v) is 17.5. The number of ether oxygens (including phenoxy) is 1. The van der Waals surface area contributed by atoms with Gasteiger partial charge in [-0.2, -0.15) is 0 Å². The Hall–Kier alpha value is -2.25. The van der Waals surface area contributed by atoms with Crippen LogP contribution in [0.15, 0.2) is 47.4 Å². The third-order valence-electron chi connectivity index (χ3n) is 4.91. The van der Waals surface area contributed by atoms with Crippen LogP contribution in [-0.2, 0) is 10.0 Å². The molecule has 2 aromatic carbocycles. The van der Waals surface area contributed by atoms with Crippen molar-refractivity contribution in [3.8, 4) is 5.75 Å². The average molecular weight is 423 g/mol. The van der Waals surface area contributed by atoms with Gasteiger partial charge in [0.25, 0.3) is 15.9 Å². The van der Waals surface area contributed by atoms with Gasteiger partial charge in [0, 0.05) is 20.1 Å². The van der Waals surface area contributed by atoms with Crippen molar-refractivity contribution in [1.29, 1.82) is 0 Å². The van der Waals surface area contributed by atoms with Gasteiger partial charge in [0.2, 0.25) is 0 Å². The van der Waals surface area contributed by atoms with Gasteiger partial charge in [-0.05, 0) is 61.7 Å². The molecular formula is C20H23ClN2O4S. The summed E-state index contributed by atoms with van der Waals surface area (Å²) in [4.78, 5) is 14.6. The predicted octanol–water partition coefficient (Wildman–Crippen LogP) is 3.80. The molecule has 0 N–H and O–H groups in total. The number of nitrogens with zero attached hydrogens (tertiary/aromatic N) is 2. The first kappa shape index (κ1) is 20.5. The summed E-state index contributed by atoms with van der Waals surface area (Å²) in [6, 6.07) is 11.0. The number of carbonyl (C=O) groups excluding carboxylic acids is 1. The highest BCUT2D eigenvalue weighted by Crippen LogP contribution is 2.28. The number of sulfonamides is 1. The number of hydrogen-bond donors (Lipinski definition) is 0. The lowest BCUT2D eigenvalue weighted by Gasteiger charge is -2.27. The second-order valence-electron chi connectivity index (χ2n) is 6.67. The van der Waals surface area contributed by atoms with E-state index >= 15 is 0 Å². The number of methoxy groups -OCH3 is 1. The molecule has 3 rings (SSSR count). The number of benzene rings is 2. The minimum atomic E-state index is -3.85. The van der Waals surface area contributed by atoms with Crippen LogP contribution in [0.5, 0.6) is 5.75 Å². The van der Waals surface area contributed by atoms with Crippen molar-refractivity contribution in [1.82, 2.24) is 4.90 Å². The predicted molar refractivity (Wildman–Crippen MR) is 110 cm³/mol. The van der Waals surface area contributed by atoms with Crippen LogP contribution in [0.2, 0.25) is 5.02 Å². The molecule has 0 aliphatic carbocycles. The molecule has 0 radical (unpaired) electrons. The summed E-state index contributed by atoms with van der Waals surface area (Å²) in [5, 5.41) is 0.252. The van der Waals surface area contributed by atoms with Crippen molar-refractivity contribution >= 4 is 33.2 Å². The third-order valence-corrected chi connectivity index (χ3v) is 7.02. The van der Waals surface area contributed by atoms with Crippen LogP contribution >= 0.6 is 11.6 Å². The maximum Gasteiger partial charge on any atom is 0.264 e. The van der Waals surface area contributed by atoms with Gasteiger partial charge in [-0.1, -0.05) is 11.6 Å². The molecule has 1 fully saturated rings. The number of anilines is 1. The molecule has 1 aliphatic rings. The van der Waals surface area contributed by atoms with Gasteiger partial charge in [0.05, 0.1) is 28.3 Å². The molecule has 1 amide bonds. The molecule has 28 heavy (non-hydrogen) atoms. The quantitative estimate of drug-likeness (QED) is 0.735. The average Bonchev–Trinajstić information content (AvgIpc) is 2.73. The number of piperidine rings is 1. The van der Waals surface area contributed by atoms with Crippen LogP contribution in [0, 0.1) is 0 Å². The molecule has 0 bridgehead atoms. The van der Waals surface area contributed by atoms with E-state index in [1.807, 2.05) is 0 Å². The summed E-state index contributed by atoms with van der Waals surface area (Å²) in [6.07, 6.45) is 2.99. The summed E-state index contributed by atoms with van der Waals surface area (Å²) in [5.74, 6) is 0.407. The summed E-state index contributed by atoms with van der Waals surface area (Å²) >= 11 is 6.22. The first-order valence-electron chi connectivity index (χ1n) is 9.06. The fourth-order valence-corrected chi connectivity index (χ4v) is 4.61. The van der Waals surface area contributed by atoms with Crippen molar-refractivity contribution < 1.29 is 17.9 Å². The van der Waals surface area contributed by atoms with Gasteiger partial charge in [-0.15, -0.1) is 0 Å². The van der Waals surface area contributed by atoms with Crippen molar-refractivity contribution in [3.05, 3.63) is 53.1 Å². The van der Waals surface area contributed by atoms with Gasteiger partial charge < -0.3 is 9.64 Å². The van der Waals surface area contributed by atoms with E-state index in [1.165, 1.54) is 29.6 Å². The Morgan fingerprint density at radius 1 is 1.07 bits per heavy atom. The lowest BCUT2D eigenvalue weighted by molar-refractivity contribution is 0.0724. The Morgan fingerprint density at radius 3 is 2.32 bits per heavy atom. The van der Waals surface area contributed by atoms with Crippen molar-refractivity contribution in [2.75, 3.05) is 31.6 Å². The highest BCUT2D eigenvalue weighted by Gasteiger charge is 2.26. The van der Waals surface area contributed by atoms with Crippen LogP contribution in [0.1, 0.15) is 29.6 Å². The van der Waals surface area contributed by atoms with E-state index in [0.29, 0.717) is 24.5 Å². The molecule has 0 spiro atoms. The molecule has 1 aliphatic heterocycles. The number of carbonyl (C=O) groups is 1. The highest BCUT2D eigenvalue weighted by molar-refractivity contribution is 7.92. The Kier molecular flexibility index (Phi) is 6.15. The van der Waals surface area contributed by atoms with E-state index in [2.05, 4.69) is 0 Å². The summed E-state index contributed by atoms with van der Waals surface area (Å²) in [6.45, 7) is 1.33. The Bertz CT molecular complexity index is 955. The van der Waals surface area contributed by atoms with Crippen LogP contribution in [0.25, 0.3) is 0 Å². The first-order valence-corrected chi connectivity index (χ1v) is 10.9. The van der Waals surface area contributed by atoms with E-state index in [4.69, 9.17) is 16.3 Å². The second-order valence-corrected chi connectivity index (χ2v) is 9.04. The topological polar surface area (TPSA) is 66.9 Å². The van der Waals surface area contributed by atoms with Crippen LogP contribution in [0.4, 0.5) is 5.69 Å². The molecule has 8 heteroatoms. The third kappa shape index (κ3) is 4.10. The summed E-state index contributed by atoms with van der Waals surface area (Å²) in [7, 11) is -0.836. The Labute approximate surface area is 170 Å². The largest absolute Gasteiger partial charge is 0.497 e. The van der Waals surface area contributed by atoms with E-state index in [0.717, 1.165) is 19.3 Å². The number of likely N-dealkylation sites (tertiary alicyclic amines) is 1. The number of rotatable bonds is 5. The molecule has 0 saturated carbocycles. The standard InChI is InChI=1S/C20H23ClN2O4S/c1-22(15-6-8-16(27-2)9-7-15)28(25,26)17-10-11-19(21)18(14-17)20(24)23-12-4-3-5-13-23/h6-11,14H,3-5,12-13H2,1-2H3. The first-order chi connectivity index (χ1) is 13.3. The van der Waals surface area contributed by atoms with Crippen molar-refractivity contribution in [3.63, 3.8) is 0 Å². The fraction of sp³-hybridized carbons (Fsp3) is 0.350. The van der Waals surface area contributed by atoms with E-state index < -0.39 is 10.0 Å². The molecule has 6 nitrogen and oxygen atoms in total. The van der Waals surface area contributed by atoms with E-state index in [9.17, 15) is 13.2 Å². The van der Waals surface area contributed by atoms with Gasteiger partial charge in [0.15, 0.2) is 0 Å². The Morgan fingerprint density at radius 2 is 1.71 bits per heavy atom. The minimum absolute atomic E-state index is 0.0237. The summed E-state index contributed by atoms with van der Waals surface area (Å²) in [5.41, 5.74) is 0.701. The van der Waals surface area contributed by atoms with Crippen LogP contribution in [-0.4, -0.2) is 46.5 Å². The van der Waals surface area contributed by atoms with Gasteiger partial charge in [-0.25, -0.2) is 8.42 Å². The zero-order chi connectivity index (χ0) is 20.3. The number of halogens is 1. The number of amides is 1. The molecule has 1 saturated heterocycles. The summed E-state index contributed by atoms with van der Waals surface area (Å²) < 4.78 is 32.4. The molecule has 150 valence electrons. The lowest BCUT2D eigenvalue weighted by Crippen LogP contribution is -2.36. The lowest BCUT2D eigenvalue weighted by atomic mass is 10.1. The smallest absolute Gasteiger partial charge is 0.264 e. The Balaban J connectivity index is 1.92. The number of hydrogen-bond acceptors (Lipinski definition) is 4. The van der Waals surface area contributed by atoms with E-state index in [-0.39, 0.29) is 21.4 Å². The molecular weight excluding hydrogens is 400 g/mol. The molecule has 0 atom stereocenters. The van der Waals surface area contributed by atoms with Gasteiger partial charge in [-0.3, -0.25) is 9.10 Å². The van der Waals surface area contributed by atoms with E-state index in [1.54, 1.807) is 36.3 Å². The maximum atomic E-state index is 13.1. The van der Waals surface area contributed by atoms with Crippen LogP contribution < -0.4 is 9.04 Å². The maximum absolute atomic E-state index is 13.1. The normalized spacial score (nSPS) is 14.6. The zero-order valence-electron chi connectivity index (χ0n) is 15.9. The minimum Gasteiger partial charge on any atom is -0.497 e. The monoisotopic (exact) mass is 422 g/mol.